The summed E-state index contributed by atoms with van der Waals surface area (Å²) in [6, 6.07) is 10.9. The first kappa shape index (κ1) is 12.6. The van der Waals surface area contributed by atoms with Crippen molar-refractivity contribution in [1.82, 2.24) is 4.98 Å². The van der Waals surface area contributed by atoms with Crippen molar-refractivity contribution < 1.29 is 0 Å². The molecule has 0 radical (unpaired) electrons. The molecule has 0 amide bonds. The van der Waals surface area contributed by atoms with Crippen molar-refractivity contribution in [1.29, 1.82) is 5.26 Å². The molecule has 0 atom stereocenters. The third-order valence-electron chi connectivity index (χ3n) is 2.29. The highest BCUT2D eigenvalue weighted by Crippen LogP contribution is 2.23. The van der Waals surface area contributed by atoms with E-state index in [-0.39, 0.29) is 0 Å². The van der Waals surface area contributed by atoms with Gasteiger partial charge in [0.2, 0.25) is 0 Å². The van der Waals surface area contributed by atoms with Gasteiger partial charge in [0.1, 0.15) is 0 Å². The van der Waals surface area contributed by atoms with Gasteiger partial charge in [-0.25, -0.2) is 0 Å². The van der Waals surface area contributed by atoms with Crippen LogP contribution in [0.1, 0.15) is 11.1 Å². The highest BCUT2D eigenvalue weighted by Gasteiger charge is 2.02. The maximum atomic E-state index is 9.17. The summed E-state index contributed by atoms with van der Waals surface area (Å²) in [6.45, 7) is 0. The first-order chi connectivity index (χ1) is 8.69. The third-order valence-corrected chi connectivity index (χ3v) is 2.73. The van der Waals surface area contributed by atoms with E-state index in [9.17, 15) is 0 Å². The van der Waals surface area contributed by atoms with Crippen molar-refractivity contribution in [3.8, 4) is 6.07 Å². The number of halogens is 2. The topological polar surface area (TPSA) is 36.7 Å². The van der Waals surface area contributed by atoms with E-state index in [1.807, 2.05) is 6.07 Å². The Bertz CT molecular complexity index is 608. The molecule has 0 aliphatic heterocycles. The average Bonchev–Trinajstić information content (AvgIpc) is 2.36. The summed E-state index contributed by atoms with van der Waals surface area (Å²) in [5.41, 5.74) is 2.06. The minimum absolute atomic E-state index is 0.515. The number of hydrogen-bond donors (Lipinski definition) is 0. The fourth-order valence-electron chi connectivity index (χ4n) is 1.53. The van der Waals surface area contributed by atoms with E-state index in [0.717, 1.165) is 11.1 Å². The lowest BCUT2D eigenvalue weighted by atomic mass is 10.1. The van der Waals surface area contributed by atoms with Gasteiger partial charge in [0.15, 0.2) is 0 Å². The second kappa shape index (κ2) is 5.68. The van der Waals surface area contributed by atoms with E-state index >= 15 is 0 Å². The molecule has 0 fully saturated rings. The van der Waals surface area contributed by atoms with Crippen LogP contribution in [0.5, 0.6) is 0 Å². The van der Waals surface area contributed by atoms with Gasteiger partial charge in [-0.1, -0.05) is 29.3 Å². The van der Waals surface area contributed by atoms with Crippen LogP contribution in [0.25, 0.3) is 11.6 Å². The number of allylic oxidation sites excluding steroid dienone is 1. The molecule has 0 saturated heterocycles. The molecule has 0 bridgehead atoms. The molecule has 0 saturated carbocycles. The Morgan fingerprint density at radius 3 is 2.50 bits per heavy atom. The van der Waals surface area contributed by atoms with E-state index in [1.54, 1.807) is 42.7 Å². The van der Waals surface area contributed by atoms with Gasteiger partial charge in [-0.15, -0.1) is 0 Å². The van der Waals surface area contributed by atoms with Gasteiger partial charge in [0.25, 0.3) is 0 Å². The molecule has 0 unspecified atom stereocenters. The Hall–Kier alpha value is -1.82. The van der Waals surface area contributed by atoms with Crippen molar-refractivity contribution in [3.63, 3.8) is 0 Å². The van der Waals surface area contributed by atoms with E-state index in [2.05, 4.69) is 11.1 Å². The number of benzene rings is 1. The molecule has 18 heavy (non-hydrogen) atoms. The number of nitrogens with zero attached hydrogens (tertiary/aromatic N) is 2. The van der Waals surface area contributed by atoms with E-state index < -0.39 is 0 Å². The van der Waals surface area contributed by atoms with Crippen LogP contribution in [0.4, 0.5) is 0 Å². The summed E-state index contributed by atoms with van der Waals surface area (Å²) in [4.78, 5) is 3.99. The first-order valence-corrected chi connectivity index (χ1v) is 5.93. The zero-order chi connectivity index (χ0) is 13.0. The molecule has 1 aromatic heterocycles. The molecule has 88 valence electrons. The van der Waals surface area contributed by atoms with E-state index in [0.29, 0.717) is 15.6 Å². The Labute approximate surface area is 115 Å². The van der Waals surface area contributed by atoms with Crippen LogP contribution < -0.4 is 0 Å². The Balaban J connectivity index is 2.45. The second-order valence-electron chi connectivity index (χ2n) is 3.61. The average molecular weight is 275 g/mol. The maximum absolute atomic E-state index is 9.17. The minimum atomic E-state index is 0.515. The van der Waals surface area contributed by atoms with Crippen molar-refractivity contribution >= 4 is 34.9 Å². The molecule has 2 aromatic rings. The van der Waals surface area contributed by atoms with Crippen LogP contribution >= 0.6 is 23.2 Å². The van der Waals surface area contributed by atoms with Crippen molar-refractivity contribution in [2.24, 2.45) is 0 Å². The lowest BCUT2D eigenvalue weighted by Crippen LogP contribution is -1.83. The predicted molar refractivity (Wildman–Crippen MR) is 74.2 cm³/mol. The quantitative estimate of drug-likeness (QED) is 0.759. The lowest BCUT2D eigenvalue weighted by Gasteiger charge is -2.00. The molecule has 1 heterocycles. The van der Waals surface area contributed by atoms with Crippen LogP contribution in [0.15, 0.2) is 42.7 Å². The molecule has 0 spiro atoms. The molecule has 2 rings (SSSR count). The highest BCUT2D eigenvalue weighted by molar-refractivity contribution is 6.34. The number of rotatable bonds is 2. The molecule has 0 aliphatic rings. The van der Waals surface area contributed by atoms with Crippen molar-refractivity contribution in [2.45, 2.75) is 0 Å². The summed E-state index contributed by atoms with van der Waals surface area (Å²) in [5, 5.41) is 10.2. The lowest BCUT2D eigenvalue weighted by molar-refractivity contribution is 1.31. The van der Waals surface area contributed by atoms with Crippen molar-refractivity contribution in [3.05, 3.63) is 63.9 Å². The number of aromatic nitrogens is 1. The Kier molecular flexibility index (Phi) is 3.99. The Morgan fingerprint density at radius 2 is 1.94 bits per heavy atom. The smallest absolute Gasteiger partial charge is 0.0998 e. The zero-order valence-corrected chi connectivity index (χ0v) is 10.8. The second-order valence-corrected chi connectivity index (χ2v) is 4.49. The zero-order valence-electron chi connectivity index (χ0n) is 9.27. The van der Waals surface area contributed by atoms with Gasteiger partial charge in [-0.05, 0) is 35.9 Å². The molecule has 4 heteroatoms. The van der Waals surface area contributed by atoms with Gasteiger partial charge in [0, 0.05) is 28.0 Å². The van der Waals surface area contributed by atoms with Gasteiger partial charge in [-0.3, -0.25) is 4.98 Å². The fourth-order valence-corrected chi connectivity index (χ4v) is 2.07. The van der Waals surface area contributed by atoms with Gasteiger partial charge < -0.3 is 0 Å². The van der Waals surface area contributed by atoms with E-state index in [1.165, 1.54) is 0 Å². The van der Waals surface area contributed by atoms with Crippen LogP contribution in [0.2, 0.25) is 10.0 Å². The predicted octanol–water partition coefficient (Wildman–Crippen LogP) is 4.45. The molecule has 0 N–H and O–H groups in total. The SMILES string of the molecule is N#C/C(=C/c1cc(Cl)cc(Cl)c1)c1cccnc1. The largest absolute Gasteiger partial charge is 0.264 e. The molecular weight excluding hydrogens is 267 g/mol. The number of hydrogen-bond acceptors (Lipinski definition) is 2. The summed E-state index contributed by atoms with van der Waals surface area (Å²) in [7, 11) is 0. The van der Waals surface area contributed by atoms with Crippen LogP contribution in [-0.4, -0.2) is 4.98 Å². The summed E-state index contributed by atoms with van der Waals surface area (Å²) in [6.07, 6.45) is 5.03. The number of pyridine rings is 1. The van der Waals surface area contributed by atoms with Crippen molar-refractivity contribution in [2.75, 3.05) is 0 Å². The van der Waals surface area contributed by atoms with Gasteiger partial charge in [0.05, 0.1) is 11.6 Å². The van der Waals surface area contributed by atoms with Crippen LogP contribution in [0.3, 0.4) is 0 Å². The van der Waals surface area contributed by atoms with Gasteiger partial charge in [-0.2, -0.15) is 5.26 Å². The first-order valence-electron chi connectivity index (χ1n) is 5.17. The normalized spacial score (nSPS) is 11.1. The number of nitriles is 1. The Morgan fingerprint density at radius 1 is 1.22 bits per heavy atom. The molecular formula is C14H8Cl2N2. The minimum Gasteiger partial charge on any atom is -0.264 e. The van der Waals surface area contributed by atoms with Crippen LogP contribution in [0, 0.1) is 11.3 Å². The van der Waals surface area contributed by atoms with Crippen LogP contribution in [-0.2, 0) is 0 Å². The maximum Gasteiger partial charge on any atom is 0.0998 e. The molecule has 2 nitrogen and oxygen atoms in total. The standard InChI is InChI=1S/C14H8Cl2N2/c15-13-5-10(6-14(16)7-13)4-12(8-17)11-2-1-3-18-9-11/h1-7,9H/b12-4-. The summed E-state index contributed by atoms with van der Waals surface area (Å²) < 4.78 is 0. The third kappa shape index (κ3) is 3.10. The summed E-state index contributed by atoms with van der Waals surface area (Å²) in [5.74, 6) is 0. The van der Waals surface area contributed by atoms with E-state index in [4.69, 9.17) is 28.5 Å². The summed E-state index contributed by atoms with van der Waals surface area (Å²) >= 11 is 11.8. The molecule has 1 aromatic carbocycles. The molecule has 0 aliphatic carbocycles. The fraction of sp³-hybridized carbons (Fsp3) is 0. The highest BCUT2D eigenvalue weighted by atomic mass is 35.5. The monoisotopic (exact) mass is 274 g/mol. The van der Waals surface area contributed by atoms with Gasteiger partial charge >= 0.3 is 0 Å².